The van der Waals surface area contributed by atoms with Crippen LogP contribution in [0.4, 0.5) is 0 Å². The van der Waals surface area contributed by atoms with Crippen molar-refractivity contribution in [2.45, 2.75) is 33.1 Å². The third-order valence-corrected chi connectivity index (χ3v) is 1.79. The first-order chi connectivity index (χ1) is 6.45. The summed E-state index contributed by atoms with van der Waals surface area (Å²) in [7, 11) is 0. The largest absolute Gasteiger partial charge is 0.478 e. The number of ketones is 2. The van der Waals surface area contributed by atoms with Crippen molar-refractivity contribution in [3.8, 4) is 0 Å². The van der Waals surface area contributed by atoms with Gasteiger partial charge in [-0.1, -0.05) is 6.08 Å². The van der Waals surface area contributed by atoms with Gasteiger partial charge < -0.3 is 5.11 Å². The van der Waals surface area contributed by atoms with E-state index in [1.54, 1.807) is 6.08 Å². The van der Waals surface area contributed by atoms with Crippen molar-refractivity contribution >= 4 is 17.5 Å². The van der Waals surface area contributed by atoms with Gasteiger partial charge in [-0.25, -0.2) is 4.79 Å². The first-order valence-corrected chi connectivity index (χ1v) is 4.39. The Balaban J connectivity index is 3.77. The summed E-state index contributed by atoms with van der Waals surface area (Å²) in [6.07, 6.45) is 2.77. The Morgan fingerprint density at radius 3 is 2.21 bits per heavy atom. The number of carbonyl (C=O) groups excluding carboxylic acids is 2. The molecule has 0 saturated heterocycles. The normalized spacial score (nSPS) is 11.1. The molecule has 1 N–H and O–H groups in total. The number of Topliss-reactive ketones (excluding diaryl/α,β-unsaturated/α-hetero) is 2. The molecule has 0 unspecified atom stereocenters. The Kier molecular flexibility index (Phi) is 5.44. The van der Waals surface area contributed by atoms with E-state index in [-0.39, 0.29) is 12.0 Å². The molecule has 0 aliphatic carbocycles. The lowest BCUT2D eigenvalue weighted by atomic mass is 10.1. The van der Waals surface area contributed by atoms with Gasteiger partial charge in [-0.05, 0) is 19.8 Å². The summed E-state index contributed by atoms with van der Waals surface area (Å²) < 4.78 is 0. The SMILES string of the molecule is CC(=O)C(=O)CCCC=C(C)C(=O)O. The van der Waals surface area contributed by atoms with Crippen LogP contribution in [0.15, 0.2) is 11.6 Å². The second-order valence-electron chi connectivity index (χ2n) is 3.06. The molecular formula is C10H14O4. The van der Waals surface area contributed by atoms with Crippen LogP contribution in [-0.2, 0) is 14.4 Å². The summed E-state index contributed by atoms with van der Waals surface area (Å²) in [6, 6.07) is 0. The summed E-state index contributed by atoms with van der Waals surface area (Å²) in [4.78, 5) is 31.7. The van der Waals surface area contributed by atoms with Gasteiger partial charge in [0.1, 0.15) is 0 Å². The van der Waals surface area contributed by atoms with Gasteiger partial charge in [0, 0.05) is 18.9 Å². The summed E-state index contributed by atoms with van der Waals surface area (Å²) in [6.45, 7) is 2.73. The van der Waals surface area contributed by atoms with Gasteiger partial charge in [0.25, 0.3) is 0 Å². The van der Waals surface area contributed by atoms with Crippen LogP contribution < -0.4 is 0 Å². The van der Waals surface area contributed by atoms with Gasteiger partial charge in [0.05, 0.1) is 0 Å². The minimum Gasteiger partial charge on any atom is -0.478 e. The molecule has 0 atom stereocenters. The van der Waals surface area contributed by atoms with Crippen molar-refractivity contribution in [1.29, 1.82) is 0 Å². The van der Waals surface area contributed by atoms with E-state index < -0.39 is 17.5 Å². The van der Waals surface area contributed by atoms with Crippen LogP contribution >= 0.6 is 0 Å². The van der Waals surface area contributed by atoms with Crippen LogP contribution in [0, 0.1) is 0 Å². The van der Waals surface area contributed by atoms with E-state index in [1.807, 2.05) is 0 Å². The Bertz CT molecular complexity index is 276. The van der Waals surface area contributed by atoms with Gasteiger partial charge in [-0.3, -0.25) is 9.59 Å². The van der Waals surface area contributed by atoms with Crippen LogP contribution in [-0.4, -0.2) is 22.6 Å². The highest BCUT2D eigenvalue weighted by atomic mass is 16.4. The number of carboxylic acid groups (broad SMARTS) is 1. The topological polar surface area (TPSA) is 71.4 Å². The van der Waals surface area contributed by atoms with E-state index in [2.05, 4.69) is 0 Å². The first-order valence-electron chi connectivity index (χ1n) is 4.39. The van der Waals surface area contributed by atoms with Gasteiger partial charge >= 0.3 is 5.97 Å². The lowest BCUT2D eigenvalue weighted by Crippen LogP contribution is -2.08. The summed E-state index contributed by atoms with van der Waals surface area (Å²) >= 11 is 0. The quantitative estimate of drug-likeness (QED) is 0.397. The lowest BCUT2D eigenvalue weighted by Gasteiger charge is -1.95. The zero-order valence-corrected chi connectivity index (χ0v) is 8.37. The van der Waals surface area contributed by atoms with Crippen LogP contribution in [0.3, 0.4) is 0 Å². The number of aliphatic carboxylic acids is 1. The monoisotopic (exact) mass is 198 g/mol. The Morgan fingerprint density at radius 2 is 1.79 bits per heavy atom. The maximum absolute atomic E-state index is 10.8. The zero-order chi connectivity index (χ0) is 11.1. The predicted octanol–water partition coefficient (Wildman–Crippen LogP) is 1.35. The Labute approximate surface area is 82.6 Å². The van der Waals surface area contributed by atoms with Gasteiger partial charge in [-0.2, -0.15) is 0 Å². The fraction of sp³-hybridized carbons (Fsp3) is 0.500. The molecule has 0 aromatic heterocycles. The fourth-order valence-electron chi connectivity index (χ4n) is 0.845. The van der Waals surface area contributed by atoms with Gasteiger partial charge in [0.2, 0.25) is 0 Å². The minimum atomic E-state index is -0.956. The molecule has 0 amide bonds. The molecule has 0 aromatic rings. The molecule has 0 aliphatic heterocycles. The maximum atomic E-state index is 10.8. The number of allylic oxidation sites excluding steroid dienone is 1. The number of carbonyl (C=O) groups is 3. The van der Waals surface area contributed by atoms with Crippen LogP contribution in [0.5, 0.6) is 0 Å². The van der Waals surface area contributed by atoms with Crippen molar-refractivity contribution in [3.63, 3.8) is 0 Å². The summed E-state index contributed by atoms with van der Waals surface area (Å²) in [5.74, 6) is -1.79. The molecule has 0 fully saturated rings. The highest BCUT2D eigenvalue weighted by Gasteiger charge is 2.06. The average Bonchev–Trinajstić information content (AvgIpc) is 2.11. The highest BCUT2D eigenvalue weighted by molar-refractivity contribution is 6.36. The molecule has 0 bridgehead atoms. The molecule has 4 nitrogen and oxygen atoms in total. The molecular weight excluding hydrogens is 184 g/mol. The third kappa shape index (κ3) is 5.24. The fourth-order valence-corrected chi connectivity index (χ4v) is 0.845. The molecule has 4 heteroatoms. The van der Waals surface area contributed by atoms with Gasteiger partial charge in [0.15, 0.2) is 11.6 Å². The highest BCUT2D eigenvalue weighted by Crippen LogP contribution is 2.02. The van der Waals surface area contributed by atoms with Crippen molar-refractivity contribution < 1.29 is 19.5 Å². The van der Waals surface area contributed by atoms with Crippen molar-refractivity contribution in [3.05, 3.63) is 11.6 Å². The van der Waals surface area contributed by atoms with Gasteiger partial charge in [-0.15, -0.1) is 0 Å². The minimum absolute atomic E-state index is 0.193. The van der Waals surface area contributed by atoms with E-state index in [9.17, 15) is 14.4 Å². The Morgan fingerprint density at radius 1 is 1.21 bits per heavy atom. The average molecular weight is 198 g/mol. The molecule has 14 heavy (non-hydrogen) atoms. The van der Waals surface area contributed by atoms with E-state index in [0.717, 1.165) is 0 Å². The molecule has 0 spiro atoms. The number of unbranched alkanes of at least 4 members (excludes halogenated alkanes) is 1. The molecule has 0 aliphatic rings. The number of rotatable bonds is 6. The van der Waals surface area contributed by atoms with Crippen molar-refractivity contribution in [2.24, 2.45) is 0 Å². The Hall–Kier alpha value is -1.45. The lowest BCUT2D eigenvalue weighted by molar-refractivity contribution is -0.135. The van der Waals surface area contributed by atoms with E-state index >= 15 is 0 Å². The number of carboxylic acids is 1. The molecule has 0 radical (unpaired) electrons. The molecule has 0 saturated carbocycles. The second-order valence-corrected chi connectivity index (χ2v) is 3.06. The molecule has 0 heterocycles. The smallest absolute Gasteiger partial charge is 0.330 e. The van der Waals surface area contributed by atoms with Crippen LogP contribution in [0.2, 0.25) is 0 Å². The number of hydrogen-bond acceptors (Lipinski definition) is 3. The van der Waals surface area contributed by atoms with E-state index in [0.29, 0.717) is 12.8 Å². The first kappa shape index (κ1) is 12.6. The third-order valence-electron chi connectivity index (χ3n) is 1.79. The number of hydrogen-bond donors (Lipinski definition) is 1. The second kappa shape index (κ2) is 6.07. The van der Waals surface area contributed by atoms with Crippen LogP contribution in [0.1, 0.15) is 33.1 Å². The zero-order valence-electron chi connectivity index (χ0n) is 8.37. The molecule has 0 rings (SSSR count). The maximum Gasteiger partial charge on any atom is 0.330 e. The van der Waals surface area contributed by atoms with E-state index in [1.165, 1.54) is 13.8 Å². The van der Waals surface area contributed by atoms with Crippen molar-refractivity contribution in [1.82, 2.24) is 0 Å². The summed E-state index contributed by atoms with van der Waals surface area (Å²) in [5.41, 5.74) is 0.264. The summed E-state index contributed by atoms with van der Waals surface area (Å²) in [5, 5.41) is 8.49. The standard InChI is InChI=1S/C10H14O4/c1-7(10(13)14)5-3-4-6-9(12)8(2)11/h5H,3-4,6H2,1-2H3,(H,13,14). The van der Waals surface area contributed by atoms with E-state index in [4.69, 9.17) is 5.11 Å². The predicted molar refractivity (Wildman–Crippen MR) is 50.9 cm³/mol. The van der Waals surface area contributed by atoms with Crippen LogP contribution in [0.25, 0.3) is 0 Å². The van der Waals surface area contributed by atoms with Crippen molar-refractivity contribution in [2.75, 3.05) is 0 Å². The molecule has 78 valence electrons. The molecule has 0 aromatic carbocycles.